The molecule has 0 saturated carbocycles. The van der Waals surface area contributed by atoms with E-state index in [2.05, 4.69) is 9.88 Å². The van der Waals surface area contributed by atoms with Crippen LogP contribution < -0.4 is 0 Å². The van der Waals surface area contributed by atoms with E-state index in [1.807, 2.05) is 26.0 Å². The number of esters is 1. The van der Waals surface area contributed by atoms with Gasteiger partial charge in [-0.25, -0.2) is 4.98 Å². The van der Waals surface area contributed by atoms with Gasteiger partial charge in [0.05, 0.1) is 12.5 Å². The highest BCUT2D eigenvalue weighted by Gasteiger charge is 2.22. The topological polar surface area (TPSA) is 42.4 Å². The molecule has 1 aliphatic heterocycles. The van der Waals surface area contributed by atoms with Gasteiger partial charge in [0.15, 0.2) is 0 Å². The Morgan fingerprint density at radius 2 is 2.37 bits per heavy atom. The van der Waals surface area contributed by atoms with Gasteiger partial charge in [-0.3, -0.25) is 9.69 Å². The molecule has 5 heteroatoms. The van der Waals surface area contributed by atoms with Crippen molar-refractivity contribution in [2.24, 2.45) is 5.92 Å². The second-order valence-electron chi connectivity index (χ2n) is 4.88. The quantitative estimate of drug-likeness (QED) is 0.628. The van der Waals surface area contributed by atoms with Crippen LogP contribution in [0.3, 0.4) is 0 Å². The average Bonchev–Trinajstić information content (AvgIpc) is 2.39. The molecule has 1 atom stereocenters. The Hall–Kier alpha value is -1.13. The van der Waals surface area contributed by atoms with Gasteiger partial charge in [-0.2, -0.15) is 0 Å². The fraction of sp³-hybridized carbons (Fsp3) is 0.571. The van der Waals surface area contributed by atoms with Crippen molar-refractivity contribution in [3.63, 3.8) is 0 Å². The second-order valence-corrected chi connectivity index (χ2v) is 5.27. The normalized spacial score (nSPS) is 16.8. The zero-order valence-electron chi connectivity index (χ0n) is 11.4. The molecule has 0 amide bonds. The molecule has 0 aromatic carbocycles. The minimum Gasteiger partial charge on any atom is -0.466 e. The zero-order chi connectivity index (χ0) is 13.8. The summed E-state index contributed by atoms with van der Waals surface area (Å²) < 4.78 is 5.04. The van der Waals surface area contributed by atoms with Gasteiger partial charge < -0.3 is 4.74 Å². The van der Waals surface area contributed by atoms with Gasteiger partial charge in [0.2, 0.25) is 0 Å². The van der Waals surface area contributed by atoms with Crippen molar-refractivity contribution < 1.29 is 9.53 Å². The minimum atomic E-state index is -0.123. The van der Waals surface area contributed by atoms with Crippen molar-refractivity contribution in [2.45, 2.75) is 26.8 Å². The molecule has 0 fully saturated rings. The van der Waals surface area contributed by atoms with Crippen LogP contribution in [0.4, 0.5) is 0 Å². The van der Waals surface area contributed by atoms with E-state index in [4.69, 9.17) is 16.3 Å². The van der Waals surface area contributed by atoms with Gasteiger partial charge in [0.25, 0.3) is 0 Å². The lowest BCUT2D eigenvalue weighted by molar-refractivity contribution is -0.148. The lowest BCUT2D eigenvalue weighted by Crippen LogP contribution is -2.36. The summed E-state index contributed by atoms with van der Waals surface area (Å²) in [6.07, 6.45) is 0.880. The van der Waals surface area contributed by atoms with Gasteiger partial charge in [0.1, 0.15) is 5.15 Å². The molecular weight excluding hydrogens is 264 g/mol. The van der Waals surface area contributed by atoms with E-state index in [-0.39, 0.29) is 11.9 Å². The van der Waals surface area contributed by atoms with E-state index >= 15 is 0 Å². The molecule has 0 aliphatic carbocycles. The third kappa shape index (κ3) is 3.67. The van der Waals surface area contributed by atoms with Crippen LogP contribution in [0.25, 0.3) is 0 Å². The van der Waals surface area contributed by atoms with Crippen LogP contribution in [0.2, 0.25) is 5.15 Å². The number of halogens is 1. The highest BCUT2D eigenvalue weighted by molar-refractivity contribution is 6.29. The molecule has 4 nitrogen and oxygen atoms in total. The standard InChI is InChI=1S/C14H19ClN2O2/c1-3-19-14(18)10(2)8-17-7-6-12-11(9-17)4-5-13(15)16-12/h4-5,10H,3,6-9H2,1-2H3. The summed E-state index contributed by atoms with van der Waals surface area (Å²) in [7, 11) is 0. The van der Waals surface area contributed by atoms with Crippen molar-refractivity contribution in [1.29, 1.82) is 0 Å². The largest absolute Gasteiger partial charge is 0.466 e. The van der Waals surface area contributed by atoms with E-state index in [1.165, 1.54) is 5.56 Å². The van der Waals surface area contributed by atoms with E-state index in [0.29, 0.717) is 11.8 Å². The Morgan fingerprint density at radius 3 is 3.11 bits per heavy atom. The molecule has 1 aliphatic rings. The maximum atomic E-state index is 11.6. The first-order chi connectivity index (χ1) is 9.10. The summed E-state index contributed by atoms with van der Waals surface area (Å²) in [5, 5.41) is 0.548. The predicted octanol–water partition coefficient (Wildman–Crippen LogP) is 2.29. The number of aromatic nitrogens is 1. The highest BCUT2D eigenvalue weighted by atomic mass is 35.5. The molecule has 1 unspecified atom stereocenters. The summed E-state index contributed by atoms with van der Waals surface area (Å²) in [6.45, 7) is 6.63. The Bertz CT molecular complexity index is 465. The van der Waals surface area contributed by atoms with Crippen LogP contribution in [-0.2, 0) is 22.5 Å². The van der Waals surface area contributed by atoms with E-state index in [1.54, 1.807) is 0 Å². The Kier molecular flexibility index (Phi) is 4.77. The van der Waals surface area contributed by atoms with Crippen molar-refractivity contribution in [3.8, 4) is 0 Å². The maximum Gasteiger partial charge on any atom is 0.309 e. The lowest BCUT2D eigenvalue weighted by Gasteiger charge is -2.29. The number of rotatable bonds is 4. The summed E-state index contributed by atoms with van der Waals surface area (Å²) in [5.41, 5.74) is 2.28. The lowest BCUT2D eigenvalue weighted by atomic mass is 10.0. The molecule has 104 valence electrons. The van der Waals surface area contributed by atoms with Gasteiger partial charge in [0, 0.05) is 31.7 Å². The Morgan fingerprint density at radius 1 is 1.58 bits per heavy atom. The molecule has 1 aromatic rings. The molecule has 2 heterocycles. The molecule has 0 bridgehead atoms. The van der Waals surface area contributed by atoms with Gasteiger partial charge in [-0.15, -0.1) is 0 Å². The van der Waals surface area contributed by atoms with Crippen molar-refractivity contribution >= 4 is 17.6 Å². The Balaban J connectivity index is 1.95. The molecule has 0 saturated heterocycles. The number of hydrogen-bond acceptors (Lipinski definition) is 4. The van der Waals surface area contributed by atoms with Crippen LogP contribution in [0.1, 0.15) is 25.1 Å². The van der Waals surface area contributed by atoms with Crippen LogP contribution in [0, 0.1) is 5.92 Å². The fourth-order valence-electron chi connectivity index (χ4n) is 2.35. The zero-order valence-corrected chi connectivity index (χ0v) is 12.1. The van der Waals surface area contributed by atoms with Crippen molar-refractivity contribution in [2.75, 3.05) is 19.7 Å². The maximum absolute atomic E-state index is 11.6. The van der Waals surface area contributed by atoms with E-state index < -0.39 is 0 Å². The number of nitrogens with zero attached hydrogens (tertiary/aromatic N) is 2. The van der Waals surface area contributed by atoms with Gasteiger partial charge >= 0.3 is 5.97 Å². The second kappa shape index (κ2) is 6.35. The van der Waals surface area contributed by atoms with Gasteiger partial charge in [-0.05, 0) is 18.6 Å². The van der Waals surface area contributed by atoms with Crippen molar-refractivity contribution in [1.82, 2.24) is 9.88 Å². The van der Waals surface area contributed by atoms with Crippen LogP contribution in [-0.4, -0.2) is 35.5 Å². The first kappa shape index (κ1) is 14.3. The summed E-state index contributed by atoms with van der Waals surface area (Å²) in [6, 6.07) is 3.84. The average molecular weight is 283 g/mol. The summed E-state index contributed by atoms with van der Waals surface area (Å²) >= 11 is 5.89. The highest BCUT2D eigenvalue weighted by Crippen LogP contribution is 2.20. The van der Waals surface area contributed by atoms with Crippen LogP contribution >= 0.6 is 11.6 Å². The molecule has 0 N–H and O–H groups in total. The van der Waals surface area contributed by atoms with Gasteiger partial charge in [-0.1, -0.05) is 24.6 Å². The first-order valence-electron chi connectivity index (χ1n) is 6.63. The number of ether oxygens (including phenoxy) is 1. The summed E-state index contributed by atoms with van der Waals surface area (Å²) in [5.74, 6) is -0.218. The number of pyridine rings is 1. The smallest absolute Gasteiger partial charge is 0.309 e. The molecule has 19 heavy (non-hydrogen) atoms. The van der Waals surface area contributed by atoms with E-state index in [0.717, 1.165) is 31.7 Å². The number of hydrogen-bond donors (Lipinski definition) is 0. The molecular formula is C14H19ClN2O2. The molecule has 2 rings (SSSR count). The minimum absolute atomic E-state index is 0.0956. The van der Waals surface area contributed by atoms with Crippen LogP contribution in [0.15, 0.2) is 12.1 Å². The molecule has 1 aromatic heterocycles. The SMILES string of the molecule is CCOC(=O)C(C)CN1CCc2nc(Cl)ccc2C1. The number of fused-ring (bicyclic) bond motifs is 1. The third-order valence-electron chi connectivity index (χ3n) is 3.31. The summed E-state index contributed by atoms with van der Waals surface area (Å²) in [4.78, 5) is 18.2. The molecule has 0 spiro atoms. The number of carbonyl (C=O) groups is 1. The van der Waals surface area contributed by atoms with Crippen LogP contribution in [0.5, 0.6) is 0 Å². The third-order valence-corrected chi connectivity index (χ3v) is 3.52. The van der Waals surface area contributed by atoms with E-state index in [9.17, 15) is 4.79 Å². The fourth-order valence-corrected chi connectivity index (χ4v) is 2.52. The van der Waals surface area contributed by atoms with Crippen molar-refractivity contribution in [3.05, 3.63) is 28.5 Å². The first-order valence-corrected chi connectivity index (χ1v) is 7.01. The molecule has 0 radical (unpaired) electrons. The number of carbonyl (C=O) groups excluding carboxylic acids is 1. The Labute approximate surface area is 118 Å². The monoisotopic (exact) mass is 282 g/mol. The predicted molar refractivity (Wildman–Crippen MR) is 74.0 cm³/mol.